The van der Waals surface area contributed by atoms with Crippen molar-refractivity contribution < 1.29 is 128 Å². The molecule has 494 valence electrons. The number of nitrogens with zero attached hydrogens (tertiary/aromatic N) is 1. The van der Waals surface area contributed by atoms with Crippen LogP contribution in [0.2, 0.25) is 0 Å². The Labute approximate surface area is 516 Å². The highest BCUT2D eigenvalue weighted by Crippen LogP contribution is 2.55. The lowest BCUT2D eigenvalue weighted by molar-refractivity contribution is -0.391. The quantitative estimate of drug-likeness (QED) is 0.0153. The predicted molar refractivity (Wildman–Crippen MR) is 301 cm³/mol. The monoisotopic (exact) mass is 1370 g/mol. The molecule has 0 aromatic heterocycles. The first-order chi connectivity index (χ1) is 40.3. The Hall–Kier alpha value is -5.62. The van der Waals surface area contributed by atoms with Crippen LogP contribution in [-0.4, -0.2) is 130 Å². The molecule has 2 aromatic carbocycles. The minimum absolute atomic E-state index is 0.0819. The van der Waals surface area contributed by atoms with E-state index in [0.29, 0.717) is 36.3 Å². The van der Waals surface area contributed by atoms with Crippen LogP contribution in [0.5, 0.6) is 0 Å². The molecule has 16 nitrogen and oxygen atoms in total. The maximum absolute atomic E-state index is 13.3. The topological polar surface area (TPSA) is 253 Å². The van der Waals surface area contributed by atoms with E-state index < -0.39 is 148 Å². The summed E-state index contributed by atoms with van der Waals surface area (Å²) in [6, 6.07) is 20.4. The Bertz CT molecular complexity index is 2950. The Morgan fingerprint density at radius 2 is 1.24 bits per heavy atom. The predicted octanol–water partition coefficient (Wildman–Crippen LogP) is 11.7. The number of thiocarbonyl (C=S) groups is 1. The van der Waals surface area contributed by atoms with E-state index in [1.165, 1.54) is 13.8 Å². The number of hydrogen-bond donors (Lipinski definition) is 2. The molecule has 0 bridgehead atoms. The molecule has 6 unspecified atom stereocenters. The number of aliphatic hydroxyl groups is 2. The number of alkyl halides is 13. The number of ether oxygens (including phenoxy) is 5. The lowest BCUT2D eigenvalue weighted by atomic mass is 9.66. The average molecular weight is 1370 g/mol. The minimum Gasteiger partial charge on any atom is -0.743 e. The van der Waals surface area contributed by atoms with E-state index in [2.05, 4.69) is 45.8 Å². The van der Waals surface area contributed by atoms with Crippen LogP contribution in [0, 0.1) is 23.2 Å². The van der Waals surface area contributed by atoms with Gasteiger partial charge in [-0.15, -0.1) is 0 Å². The zero-order valence-corrected chi connectivity index (χ0v) is 52.0. The van der Waals surface area contributed by atoms with Gasteiger partial charge >= 0.3 is 59.6 Å². The number of carbonyl (C=O) groups is 5. The summed E-state index contributed by atoms with van der Waals surface area (Å²) in [5.74, 6) is -14.0. The summed E-state index contributed by atoms with van der Waals surface area (Å²) in [6.07, 6.45) is -26.0. The van der Waals surface area contributed by atoms with Crippen molar-refractivity contribution >= 4 is 87.9 Å². The number of rotatable bonds is 19. The molecule has 6 atom stereocenters. The van der Waals surface area contributed by atoms with Crippen molar-refractivity contribution in [3.05, 3.63) is 108 Å². The van der Waals surface area contributed by atoms with E-state index in [4.69, 9.17) is 23.0 Å². The average Bonchev–Trinajstić information content (AvgIpc) is 0.935. The van der Waals surface area contributed by atoms with Gasteiger partial charge in [-0.1, -0.05) is 104 Å². The summed E-state index contributed by atoms with van der Waals surface area (Å²) in [7, 11) is -6.24. The maximum atomic E-state index is 13.3. The molecule has 1 heterocycles. The van der Waals surface area contributed by atoms with Crippen LogP contribution in [0.3, 0.4) is 0 Å². The number of thioether (sulfide) groups is 1. The van der Waals surface area contributed by atoms with Crippen molar-refractivity contribution in [2.75, 3.05) is 13.2 Å². The third-order valence-electron chi connectivity index (χ3n) is 12.5. The van der Waals surface area contributed by atoms with Crippen molar-refractivity contribution in [3.8, 4) is 6.07 Å². The summed E-state index contributed by atoms with van der Waals surface area (Å²) in [5, 5.41) is 22.9. The van der Waals surface area contributed by atoms with Crippen LogP contribution in [0.15, 0.2) is 97.1 Å². The number of halogens is 13. The molecular weight excluding hydrogens is 1310 g/mol. The highest BCUT2D eigenvalue weighted by Gasteiger charge is 2.75. The van der Waals surface area contributed by atoms with Gasteiger partial charge in [-0.3, -0.25) is 4.79 Å². The van der Waals surface area contributed by atoms with E-state index >= 15 is 0 Å². The van der Waals surface area contributed by atoms with Crippen molar-refractivity contribution in [1.82, 2.24) is 0 Å². The number of thiol groups is 1. The van der Waals surface area contributed by atoms with Crippen LogP contribution in [0.25, 0.3) is 0 Å². The molecule has 4 rings (SSSR count). The third kappa shape index (κ3) is 24.0. The van der Waals surface area contributed by atoms with E-state index in [1.54, 1.807) is 37.3 Å². The molecule has 2 fully saturated rings. The van der Waals surface area contributed by atoms with E-state index in [0.717, 1.165) is 24.2 Å². The Kier molecular flexibility index (Phi) is 30.6. The van der Waals surface area contributed by atoms with Gasteiger partial charge in [-0.2, -0.15) is 62.3 Å². The van der Waals surface area contributed by atoms with E-state index in [1.807, 2.05) is 50.2 Å². The summed E-state index contributed by atoms with van der Waals surface area (Å²) in [5.41, 5.74) is -7.61. The van der Waals surface area contributed by atoms with Gasteiger partial charge in [0, 0.05) is 41.4 Å². The molecule has 1 saturated carbocycles. The van der Waals surface area contributed by atoms with Crippen molar-refractivity contribution in [3.63, 3.8) is 0 Å². The van der Waals surface area contributed by atoms with Crippen LogP contribution in [0.1, 0.15) is 105 Å². The van der Waals surface area contributed by atoms with Gasteiger partial charge < -0.3 is 38.5 Å². The number of carbonyl (C=O) groups excluding carboxylic acids is 5. The zero-order chi connectivity index (χ0) is 69.8. The lowest BCUT2D eigenvalue weighted by Gasteiger charge is -2.47. The van der Waals surface area contributed by atoms with Gasteiger partial charge in [-0.05, 0) is 85.3 Å². The third-order valence-corrected chi connectivity index (χ3v) is 15.1. The smallest absolute Gasteiger partial charge is 0.426 e. The summed E-state index contributed by atoms with van der Waals surface area (Å²) in [4.78, 5) is 56.4. The standard InChI is InChI=1S/C17H17F4NO5S3.C16H19F9O4.C13H16O2.C8H10O4.HPS/c1-15(11-22,29-14(28)12-5-3-2-4-6-12)8-7-13(23)27-10-9-16(18,19)17(20,21)30(24,25)26;1-7(2)11(26)29-10-5-8(12(3,27)14(17,18)19)4-9(6-10)13(28,15(20,21)22)16(23,24)25;1-10(2)12(14)15-13(3,4)11-8-6-5-7-9-11;1-5(2)7(9)12-6-3-4-11-8(6)10;1-2/h2-6H,7-10H2,1H3,(H,24,25,26);8-10,27-28H,1,4-6H2,2-3H3;5-9H,1H2,2-4H3;6H,1,3-4H2,2H3;1H/i;;;;1T. The summed E-state index contributed by atoms with van der Waals surface area (Å²) < 4.78 is 231. The van der Waals surface area contributed by atoms with Crippen molar-refractivity contribution in [1.29, 1.82) is 6.54 Å². The van der Waals surface area contributed by atoms with Gasteiger partial charge in [-0.25, -0.2) is 27.6 Å². The second-order valence-corrected chi connectivity index (χ2v) is 23.8. The molecule has 0 spiro atoms. The largest absolute Gasteiger partial charge is 0.743 e. The van der Waals surface area contributed by atoms with Gasteiger partial charge in [0.15, 0.2) is 28.8 Å². The summed E-state index contributed by atoms with van der Waals surface area (Å²) in [6.45, 7) is 18.9. The lowest BCUT2D eigenvalue weighted by Crippen LogP contribution is -2.64. The highest BCUT2D eigenvalue weighted by molar-refractivity contribution is 8.24. The van der Waals surface area contributed by atoms with Crippen LogP contribution in [0.4, 0.5) is 57.1 Å². The SMILES string of the molecule is C=C(C)C(=O)OC(C)(C)c1ccccc1.C=C(C)C(=O)OC1CC(C(C)(O)C(F)(F)F)CC(C(O)(C(F)(F)F)C(F)(F)F)C1.C=C(C)C(=O)OC1CCOC1=O.CC(C#N)(CCC(=O)OCCC(F)(F)C(F)(F)S(=O)(=O)[O-])SC(=S)c1ccccc1.[3H]P=[SH+]. The number of hydrogen-bond acceptors (Lipinski definition) is 18. The molecule has 88 heavy (non-hydrogen) atoms. The van der Waals surface area contributed by atoms with Crippen molar-refractivity contribution in [2.24, 2.45) is 11.8 Å². The van der Waals surface area contributed by atoms with E-state index in [-0.39, 0.29) is 30.5 Å². The van der Waals surface area contributed by atoms with Gasteiger partial charge in [0.05, 0.1) is 29.9 Å². The first kappa shape index (κ1) is 80.4. The maximum Gasteiger partial charge on any atom is 0.426 e. The molecule has 0 amide bonds. The number of esters is 5. The Balaban J connectivity index is 0.00000121. The van der Waals surface area contributed by atoms with Crippen LogP contribution >= 0.6 is 31.9 Å². The van der Waals surface area contributed by atoms with Gasteiger partial charge in [0.1, 0.15) is 16.5 Å². The normalized spacial score (nSPS) is 18.8. The Morgan fingerprint density at radius 3 is 1.65 bits per heavy atom. The first-order valence-corrected chi connectivity index (χ1v) is 29.3. The number of nitriles is 1. The summed E-state index contributed by atoms with van der Waals surface area (Å²) >= 11 is 9.70. The fourth-order valence-electron chi connectivity index (χ4n) is 7.30. The molecule has 0 radical (unpaired) electrons. The molecule has 2 N–H and O–H groups in total. The number of cyclic esters (lactones) is 1. The first-order valence-electron chi connectivity index (χ1n) is 25.6. The van der Waals surface area contributed by atoms with Crippen molar-refractivity contribution in [2.45, 2.75) is 157 Å². The highest BCUT2D eigenvalue weighted by atomic mass is 32.4. The molecular formula is C54H63F13NO15PS4. The Morgan fingerprint density at radius 1 is 0.784 bits per heavy atom. The zero-order valence-electron chi connectivity index (χ0n) is 48.7. The second kappa shape index (κ2) is 33.4. The molecule has 1 aliphatic carbocycles. The van der Waals surface area contributed by atoms with Gasteiger partial charge in [0.25, 0.3) is 5.60 Å². The second-order valence-electron chi connectivity index (χ2n) is 20.2. The molecule has 2 aliphatic rings. The van der Waals surface area contributed by atoms with Gasteiger partial charge in [0.2, 0.25) is 14.1 Å². The molecule has 1 aliphatic heterocycles. The molecule has 2 aromatic rings. The number of benzene rings is 2. The fraction of sp³-hybridized carbons (Fsp3) is 0.537. The minimum atomic E-state index is -6.60. The molecule has 34 heteroatoms. The van der Waals surface area contributed by atoms with Crippen LogP contribution in [-0.2, 0) is 75.2 Å². The molecule has 1 saturated heterocycles. The van der Waals surface area contributed by atoms with E-state index in [9.17, 15) is 109 Å². The van der Waals surface area contributed by atoms with Crippen LogP contribution < -0.4 is 0 Å². The fourth-order valence-corrected chi connectivity index (χ4v) is 9.37.